The van der Waals surface area contributed by atoms with E-state index in [9.17, 15) is 13.2 Å². The zero-order valence-electron chi connectivity index (χ0n) is 16.7. The molecule has 0 bridgehead atoms. The highest BCUT2D eigenvalue weighted by atomic mass is 32.2. The van der Waals surface area contributed by atoms with Gasteiger partial charge in [-0.25, -0.2) is 13.6 Å². The highest BCUT2D eigenvalue weighted by molar-refractivity contribution is 7.89. The molecule has 3 N–H and O–H groups in total. The van der Waals surface area contributed by atoms with E-state index in [0.717, 1.165) is 17.1 Å². The Kier molecular flexibility index (Phi) is 5.92. The van der Waals surface area contributed by atoms with Gasteiger partial charge in [-0.15, -0.1) is 10.2 Å². The molecule has 1 fully saturated rings. The molecule has 0 radical (unpaired) electrons. The number of hydrogen-bond acceptors (Lipinski definition) is 7. The van der Waals surface area contributed by atoms with Crippen molar-refractivity contribution in [1.82, 2.24) is 15.2 Å². The molecule has 0 unspecified atom stereocenters. The Labute approximate surface area is 180 Å². The van der Waals surface area contributed by atoms with Gasteiger partial charge in [0, 0.05) is 42.7 Å². The van der Waals surface area contributed by atoms with Crippen LogP contribution in [-0.2, 0) is 14.8 Å². The van der Waals surface area contributed by atoms with Crippen LogP contribution in [0.5, 0.6) is 0 Å². The van der Waals surface area contributed by atoms with Gasteiger partial charge in [0.2, 0.25) is 15.9 Å². The third-order valence-electron chi connectivity index (χ3n) is 5.25. The van der Waals surface area contributed by atoms with Crippen LogP contribution in [0.25, 0.3) is 11.3 Å². The van der Waals surface area contributed by atoms with Crippen LogP contribution < -0.4 is 15.4 Å². The second-order valence-electron chi connectivity index (χ2n) is 7.34. The Bertz CT molecular complexity index is 1140. The number of carbonyl (C=O) groups is 1. The van der Waals surface area contributed by atoms with Crippen LogP contribution in [0.2, 0.25) is 0 Å². The fourth-order valence-corrected chi connectivity index (χ4v) is 4.02. The van der Waals surface area contributed by atoms with Crippen molar-refractivity contribution in [1.29, 1.82) is 0 Å². The summed E-state index contributed by atoms with van der Waals surface area (Å²) in [6, 6.07) is 13.5. The van der Waals surface area contributed by atoms with Crippen LogP contribution in [-0.4, -0.2) is 42.6 Å². The van der Waals surface area contributed by atoms with Gasteiger partial charge in [0.1, 0.15) is 0 Å². The Hall–Kier alpha value is -3.37. The summed E-state index contributed by atoms with van der Waals surface area (Å²) in [4.78, 5) is 18.8. The number of amides is 1. The first-order valence-corrected chi connectivity index (χ1v) is 11.4. The van der Waals surface area contributed by atoms with E-state index in [2.05, 4.69) is 25.4 Å². The molecular formula is C21H22N6O3S. The Morgan fingerprint density at radius 3 is 2.35 bits per heavy atom. The average molecular weight is 439 g/mol. The topological polar surface area (TPSA) is 131 Å². The average Bonchev–Trinajstić information content (AvgIpc) is 2.80. The van der Waals surface area contributed by atoms with Crippen LogP contribution in [0, 0.1) is 5.92 Å². The lowest BCUT2D eigenvalue weighted by Crippen LogP contribution is -2.38. The first-order valence-electron chi connectivity index (χ1n) is 9.83. The molecule has 0 saturated carbocycles. The maximum Gasteiger partial charge on any atom is 0.238 e. The van der Waals surface area contributed by atoms with Crippen molar-refractivity contribution in [3.63, 3.8) is 0 Å². The SMILES string of the molecule is NS(=O)(=O)c1ccc(NC(=O)C2CCN(c3ccc(-c4cccnc4)nn3)CC2)cc1. The van der Waals surface area contributed by atoms with Gasteiger partial charge >= 0.3 is 0 Å². The molecule has 3 aromatic rings. The minimum Gasteiger partial charge on any atom is -0.355 e. The normalized spacial score (nSPS) is 14.9. The van der Waals surface area contributed by atoms with Crippen LogP contribution in [0.3, 0.4) is 0 Å². The van der Waals surface area contributed by atoms with E-state index in [1.54, 1.807) is 12.4 Å². The third kappa shape index (κ3) is 5.04. The smallest absolute Gasteiger partial charge is 0.238 e. The highest BCUT2D eigenvalue weighted by Gasteiger charge is 2.26. The summed E-state index contributed by atoms with van der Waals surface area (Å²) in [5.41, 5.74) is 2.21. The summed E-state index contributed by atoms with van der Waals surface area (Å²) in [7, 11) is -3.75. The van der Waals surface area contributed by atoms with Crippen LogP contribution in [0.1, 0.15) is 12.8 Å². The lowest BCUT2D eigenvalue weighted by molar-refractivity contribution is -0.120. The largest absolute Gasteiger partial charge is 0.355 e. The van der Waals surface area contributed by atoms with Gasteiger partial charge in [-0.1, -0.05) is 0 Å². The Morgan fingerprint density at radius 2 is 1.77 bits per heavy atom. The van der Waals surface area contributed by atoms with Gasteiger partial charge in [-0.05, 0) is 61.4 Å². The summed E-state index contributed by atoms with van der Waals surface area (Å²) in [6.07, 6.45) is 4.84. The number of nitrogens with two attached hydrogens (primary N) is 1. The molecule has 10 heteroatoms. The maximum atomic E-state index is 12.6. The second-order valence-corrected chi connectivity index (χ2v) is 8.90. The number of sulfonamides is 1. The number of nitrogens with one attached hydrogen (secondary N) is 1. The molecule has 1 aliphatic rings. The van der Waals surface area contributed by atoms with E-state index in [-0.39, 0.29) is 16.7 Å². The molecule has 4 rings (SSSR count). The van der Waals surface area contributed by atoms with Crippen molar-refractivity contribution < 1.29 is 13.2 Å². The number of rotatable bonds is 5. The first-order chi connectivity index (χ1) is 14.9. The number of carbonyl (C=O) groups excluding carboxylic acids is 1. The zero-order chi connectivity index (χ0) is 21.8. The van der Waals surface area contributed by atoms with Gasteiger partial charge in [-0.3, -0.25) is 9.78 Å². The number of pyridine rings is 1. The van der Waals surface area contributed by atoms with E-state index < -0.39 is 10.0 Å². The lowest BCUT2D eigenvalue weighted by atomic mass is 9.96. The summed E-state index contributed by atoms with van der Waals surface area (Å²) in [5.74, 6) is 0.572. The van der Waals surface area contributed by atoms with E-state index in [1.165, 1.54) is 24.3 Å². The molecule has 1 aromatic carbocycles. The quantitative estimate of drug-likeness (QED) is 0.623. The molecule has 1 amide bonds. The van der Waals surface area contributed by atoms with Crippen molar-refractivity contribution in [2.24, 2.45) is 11.1 Å². The zero-order valence-corrected chi connectivity index (χ0v) is 17.5. The van der Waals surface area contributed by atoms with Gasteiger partial charge < -0.3 is 10.2 Å². The molecule has 9 nitrogen and oxygen atoms in total. The maximum absolute atomic E-state index is 12.6. The highest BCUT2D eigenvalue weighted by Crippen LogP contribution is 2.24. The first kappa shape index (κ1) is 20.9. The monoisotopic (exact) mass is 438 g/mol. The molecule has 1 aliphatic heterocycles. The predicted octanol–water partition coefficient (Wildman–Crippen LogP) is 2.04. The number of nitrogens with zero attached hydrogens (tertiary/aromatic N) is 4. The Morgan fingerprint density at radius 1 is 1.03 bits per heavy atom. The van der Waals surface area contributed by atoms with Crippen molar-refractivity contribution in [2.75, 3.05) is 23.3 Å². The minimum absolute atomic E-state index is 0.00876. The number of piperidine rings is 1. The molecule has 1 saturated heterocycles. The summed E-state index contributed by atoms with van der Waals surface area (Å²) >= 11 is 0. The summed E-state index contributed by atoms with van der Waals surface area (Å²) in [5, 5.41) is 16.6. The van der Waals surface area contributed by atoms with E-state index >= 15 is 0 Å². The van der Waals surface area contributed by atoms with Crippen LogP contribution in [0.15, 0.2) is 65.8 Å². The molecular weight excluding hydrogens is 416 g/mol. The fraction of sp³-hybridized carbons (Fsp3) is 0.238. The van der Waals surface area contributed by atoms with E-state index in [4.69, 9.17) is 5.14 Å². The van der Waals surface area contributed by atoms with Crippen LogP contribution >= 0.6 is 0 Å². The molecule has 0 atom stereocenters. The number of benzene rings is 1. The van der Waals surface area contributed by atoms with E-state index in [1.807, 2.05) is 24.3 Å². The third-order valence-corrected chi connectivity index (χ3v) is 6.18. The van der Waals surface area contributed by atoms with Crippen molar-refractivity contribution in [3.05, 3.63) is 60.9 Å². The molecule has 0 aliphatic carbocycles. The molecule has 0 spiro atoms. The minimum atomic E-state index is -3.75. The number of anilines is 2. The number of aromatic nitrogens is 3. The van der Waals surface area contributed by atoms with Crippen LogP contribution in [0.4, 0.5) is 11.5 Å². The predicted molar refractivity (Wildman–Crippen MR) is 117 cm³/mol. The summed E-state index contributed by atoms with van der Waals surface area (Å²) < 4.78 is 22.7. The van der Waals surface area contributed by atoms with Crippen molar-refractivity contribution in [2.45, 2.75) is 17.7 Å². The van der Waals surface area contributed by atoms with E-state index in [0.29, 0.717) is 31.6 Å². The summed E-state index contributed by atoms with van der Waals surface area (Å²) in [6.45, 7) is 1.40. The fourth-order valence-electron chi connectivity index (χ4n) is 3.51. The van der Waals surface area contributed by atoms with Crippen molar-refractivity contribution >= 4 is 27.4 Å². The number of hydrogen-bond donors (Lipinski definition) is 2. The van der Waals surface area contributed by atoms with Crippen molar-refractivity contribution in [3.8, 4) is 11.3 Å². The Balaban J connectivity index is 1.32. The van der Waals surface area contributed by atoms with Gasteiger partial charge in [0.25, 0.3) is 0 Å². The second kappa shape index (κ2) is 8.78. The van der Waals surface area contributed by atoms with Gasteiger partial charge in [0.15, 0.2) is 5.82 Å². The van der Waals surface area contributed by atoms with Gasteiger partial charge in [0.05, 0.1) is 10.6 Å². The molecule has 31 heavy (non-hydrogen) atoms. The van der Waals surface area contributed by atoms with Gasteiger partial charge in [-0.2, -0.15) is 0 Å². The lowest BCUT2D eigenvalue weighted by Gasteiger charge is -2.31. The standard InChI is InChI=1S/C21H22N6O3S/c22-31(29,30)18-5-3-17(4-6-18)24-21(28)15-9-12-27(13-10-15)20-8-7-19(25-26-20)16-2-1-11-23-14-16/h1-8,11,14-15H,9-10,12-13H2,(H,24,28)(H2,22,29,30). The molecule has 3 heterocycles. The molecule has 2 aromatic heterocycles. The number of primary sulfonamides is 1. The molecule has 160 valence electrons.